The largest absolute Gasteiger partial charge is 0.368 e. The zero-order valence-electron chi connectivity index (χ0n) is 11.6. The molecule has 2 rings (SSSR count). The molecule has 5 heteroatoms. The molecule has 2 aromatic rings. The van der Waals surface area contributed by atoms with Crippen LogP contribution in [0.25, 0.3) is 0 Å². The highest BCUT2D eigenvalue weighted by Crippen LogP contribution is 2.26. The van der Waals surface area contributed by atoms with Crippen LogP contribution in [-0.4, -0.2) is 9.97 Å². The Balaban J connectivity index is 2.14. The third kappa shape index (κ3) is 3.45. The van der Waals surface area contributed by atoms with E-state index in [9.17, 15) is 9.59 Å². The second kappa shape index (κ2) is 6.34. The SMILES string of the molecule is CC(C)C(OCc1c[nH]c(=O)[nH]c1=O)c1ccccc1. The molecule has 5 nitrogen and oxygen atoms in total. The van der Waals surface area contributed by atoms with Gasteiger partial charge in [-0.2, -0.15) is 0 Å². The minimum atomic E-state index is -0.512. The number of H-pyrrole nitrogens is 2. The van der Waals surface area contributed by atoms with Crippen molar-refractivity contribution >= 4 is 0 Å². The lowest BCUT2D eigenvalue weighted by Gasteiger charge is -2.21. The minimum Gasteiger partial charge on any atom is -0.368 e. The smallest absolute Gasteiger partial charge is 0.325 e. The first kappa shape index (κ1) is 14.3. The van der Waals surface area contributed by atoms with E-state index in [1.54, 1.807) is 0 Å². The quantitative estimate of drug-likeness (QED) is 0.875. The summed E-state index contributed by atoms with van der Waals surface area (Å²) in [5.74, 6) is 0.277. The third-order valence-corrected chi connectivity index (χ3v) is 3.05. The molecule has 0 saturated heterocycles. The van der Waals surface area contributed by atoms with Crippen LogP contribution in [-0.2, 0) is 11.3 Å². The summed E-state index contributed by atoms with van der Waals surface area (Å²) in [6.45, 7) is 4.29. The van der Waals surface area contributed by atoms with E-state index in [-0.39, 0.29) is 18.6 Å². The maximum atomic E-state index is 11.6. The van der Waals surface area contributed by atoms with Gasteiger partial charge >= 0.3 is 5.69 Å². The maximum Gasteiger partial charge on any atom is 0.325 e. The summed E-state index contributed by atoms with van der Waals surface area (Å²) < 4.78 is 5.85. The summed E-state index contributed by atoms with van der Waals surface area (Å²) in [5, 5.41) is 0. The van der Waals surface area contributed by atoms with E-state index >= 15 is 0 Å². The number of hydrogen-bond acceptors (Lipinski definition) is 3. The summed E-state index contributed by atoms with van der Waals surface area (Å²) in [7, 11) is 0. The summed E-state index contributed by atoms with van der Waals surface area (Å²) in [6.07, 6.45) is 1.30. The molecule has 0 radical (unpaired) electrons. The predicted molar refractivity (Wildman–Crippen MR) is 76.5 cm³/mol. The summed E-state index contributed by atoms with van der Waals surface area (Å²) in [5.41, 5.74) is 0.557. The van der Waals surface area contributed by atoms with Crippen molar-refractivity contribution in [2.45, 2.75) is 26.6 Å². The van der Waals surface area contributed by atoms with E-state index in [4.69, 9.17) is 4.74 Å². The summed E-state index contributed by atoms with van der Waals surface area (Å²) in [4.78, 5) is 27.2. The van der Waals surface area contributed by atoms with Crippen LogP contribution in [0.4, 0.5) is 0 Å². The number of benzene rings is 1. The Hall–Kier alpha value is -2.14. The second-order valence-electron chi connectivity index (χ2n) is 4.98. The molecule has 0 amide bonds. The number of aromatic amines is 2. The third-order valence-electron chi connectivity index (χ3n) is 3.05. The molecule has 0 saturated carbocycles. The van der Waals surface area contributed by atoms with Crippen LogP contribution in [0.5, 0.6) is 0 Å². The number of rotatable bonds is 5. The molecule has 0 aliphatic heterocycles. The predicted octanol–water partition coefficient (Wildman–Crippen LogP) is 1.98. The molecule has 0 aliphatic carbocycles. The lowest BCUT2D eigenvalue weighted by molar-refractivity contribution is 0.00831. The Morgan fingerprint density at radius 1 is 1.15 bits per heavy atom. The number of ether oxygens (including phenoxy) is 1. The van der Waals surface area contributed by atoms with Crippen LogP contribution in [0.1, 0.15) is 31.1 Å². The van der Waals surface area contributed by atoms with Gasteiger partial charge in [-0.1, -0.05) is 44.2 Å². The molecule has 1 atom stereocenters. The van der Waals surface area contributed by atoms with Crippen molar-refractivity contribution < 1.29 is 4.74 Å². The number of nitrogens with one attached hydrogen (secondary N) is 2. The van der Waals surface area contributed by atoms with Crippen molar-refractivity contribution in [1.82, 2.24) is 9.97 Å². The zero-order valence-corrected chi connectivity index (χ0v) is 11.6. The van der Waals surface area contributed by atoms with E-state index in [2.05, 4.69) is 23.8 Å². The molecule has 20 heavy (non-hydrogen) atoms. The fourth-order valence-electron chi connectivity index (χ4n) is 2.04. The fourth-order valence-corrected chi connectivity index (χ4v) is 2.04. The maximum absolute atomic E-state index is 11.6. The monoisotopic (exact) mass is 274 g/mol. The molecule has 1 aromatic carbocycles. The van der Waals surface area contributed by atoms with Crippen LogP contribution >= 0.6 is 0 Å². The average molecular weight is 274 g/mol. The van der Waals surface area contributed by atoms with E-state index in [0.717, 1.165) is 5.56 Å². The first-order valence-electron chi connectivity index (χ1n) is 6.55. The van der Waals surface area contributed by atoms with Gasteiger partial charge in [-0.25, -0.2) is 4.79 Å². The van der Waals surface area contributed by atoms with Crippen molar-refractivity contribution in [3.05, 3.63) is 68.5 Å². The molecule has 0 fully saturated rings. The average Bonchev–Trinajstić information content (AvgIpc) is 2.42. The molecular formula is C15H18N2O3. The molecule has 1 aromatic heterocycles. The van der Waals surface area contributed by atoms with E-state index in [1.165, 1.54) is 6.20 Å². The lowest BCUT2D eigenvalue weighted by Crippen LogP contribution is -2.25. The molecule has 1 unspecified atom stereocenters. The van der Waals surface area contributed by atoms with Gasteiger partial charge in [0.1, 0.15) is 0 Å². The minimum absolute atomic E-state index is 0.0949. The van der Waals surface area contributed by atoms with Gasteiger partial charge in [-0.05, 0) is 11.5 Å². The number of hydrogen-bond donors (Lipinski definition) is 2. The molecule has 0 spiro atoms. The van der Waals surface area contributed by atoms with Gasteiger partial charge in [0.15, 0.2) is 0 Å². The van der Waals surface area contributed by atoms with Gasteiger partial charge in [-0.15, -0.1) is 0 Å². The van der Waals surface area contributed by atoms with Crippen molar-refractivity contribution in [3.8, 4) is 0 Å². The molecular weight excluding hydrogens is 256 g/mol. The van der Waals surface area contributed by atoms with E-state index in [0.29, 0.717) is 5.56 Å². The Morgan fingerprint density at radius 2 is 1.85 bits per heavy atom. The molecule has 0 bridgehead atoms. The summed E-state index contributed by atoms with van der Waals surface area (Å²) >= 11 is 0. The summed E-state index contributed by atoms with van der Waals surface area (Å²) in [6, 6.07) is 9.87. The molecule has 1 heterocycles. The Kier molecular flexibility index (Phi) is 4.53. The van der Waals surface area contributed by atoms with Crippen LogP contribution in [0.15, 0.2) is 46.1 Å². The van der Waals surface area contributed by atoms with Crippen LogP contribution in [0.2, 0.25) is 0 Å². The lowest BCUT2D eigenvalue weighted by atomic mass is 9.99. The second-order valence-corrected chi connectivity index (χ2v) is 4.98. The molecule has 2 N–H and O–H groups in total. The van der Waals surface area contributed by atoms with E-state index in [1.807, 2.05) is 30.3 Å². The van der Waals surface area contributed by atoms with Crippen LogP contribution in [0.3, 0.4) is 0 Å². The Morgan fingerprint density at radius 3 is 2.45 bits per heavy atom. The van der Waals surface area contributed by atoms with Crippen molar-refractivity contribution in [3.63, 3.8) is 0 Å². The first-order chi connectivity index (χ1) is 9.58. The fraction of sp³-hybridized carbons (Fsp3) is 0.333. The first-order valence-corrected chi connectivity index (χ1v) is 6.55. The zero-order chi connectivity index (χ0) is 14.5. The highest BCUT2D eigenvalue weighted by atomic mass is 16.5. The standard InChI is InChI=1S/C15H18N2O3/c1-10(2)13(11-6-4-3-5-7-11)20-9-12-8-16-15(19)17-14(12)18/h3-8,10,13H,9H2,1-2H3,(H2,16,17,18,19). The van der Waals surface area contributed by atoms with Gasteiger partial charge in [0, 0.05) is 6.20 Å². The Labute approximate surface area is 116 Å². The van der Waals surface area contributed by atoms with Crippen molar-refractivity contribution in [1.29, 1.82) is 0 Å². The van der Waals surface area contributed by atoms with Gasteiger partial charge in [0.05, 0.1) is 18.3 Å². The molecule has 0 aliphatic rings. The van der Waals surface area contributed by atoms with E-state index < -0.39 is 11.2 Å². The van der Waals surface area contributed by atoms with Crippen LogP contribution < -0.4 is 11.2 Å². The van der Waals surface area contributed by atoms with Gasteiger partial charge < -0.3 is 9.72 Å². The van der Waals surface area contributed by atoms with Crippen molar-refractivity contribution in [2.24, 2.45) is 5.92 Å². The number of aromatic nitrogens is 2. The van der Waals surface area contributed by atoms with Gasteiger partial charge in [0.2, 0.25) is 0 Å². The normalized spacial score (nSPS) is 12.6. The van der Waals surface area contributed by atoms with Gasteiger partial charge in [-0.3, -0.25) is 9.78 Å². The Bertz CT molecular complexity index is 659. The van der Waals surface area contributed by atoms with Crippen molar-refractivity contribution in [2.75, 3.05) is 0 Å². The molecule has 106 valence electrons. The highest BCUT2D eigenvalue weighted by Gasteiger charge is 2.16. The topological polar surface area (TPSA) is 75.0 Å². The van der Waals surface area contributed by atoms with Gasteiger partial charge in [0.25, 0.3) is 5.56 Å². The highest BCUT2D eigenvalue weighted by molar-refractivity contribution is 5.18. The van der Waals surface area contributed by atoms with Crippen LogP contribution in [0, 0.1) is 5.92 Å².